The fraction of sp³-hybridized carbons (Fsp3) is 0.467. The SMILES string of the molecule is O=C(NCC1CCCO1)Nc1cccc(N2CCNC2=O)c1. The molecule has 0 spiro atoms. The Bertz CT molecular complexity index is 557. The van der Waals surface area contributed by atoms with Gasteiger partial charge in [-0.1, -0.05) is 6.07 Å². The quantitative estimate of drug-likeness (QED) is 0.788. The molecule has 2 aliphatic rings. The number of amides is 4. The Morgan fingerprint density at radius 2 is 2.36 bits per heavy atom. The Morgan fingerprint density at radius 1 is 1.45 bits per heavy atom. The molecule has 0 aliphatic carbocycles. The summed E-state index contributed by atoms with van der Waals surface area (Å²) >= 11 is 0. The average Bonchev–Trinajstić information content (AvgIpc) is 3.16. The minimum atomic E-state index is -0.265. The lowest BCUT2D eigenvalue weighted by Crippen LogP contribution is -2.35. The minimum absolute atomic E-state index is 0.111. The van der Waals surface area contributed by atoms with Crippen LogP contribution in [0.25, 0.3) is 0 Å². The van der Waals surface area contributed by atoms with E-state index in [9.17, 15) is 9.59 Å². The molecule has 2 fully saturated rings. The van der Waals surface area contributed by atoms with Crippen LogP contribution >= 0.6 is 0 Å². The maximum atomic E-state index is 11.9. The molecule has 118 valence electrons. The monoisotopic (exact) mass is 304 g/mol. The van der Waals surface area contributed by atoms with Crippen molar-refractivity contribution in [3.63, 3.8) is 0 Å². The highest BCUT2D eigenvalue weighted by molar-refractivity contribution is 5.95. The van der Waals surface area contributed by atoms with Crippen LogP contribution < -0.4 is 20.9 Å². The first kappa shape index (κ1) is 14.6. The van der Waals surface area contributed by atoms with Crippen molar-refractivity contribution >= 4 is 23.4 Å². The van der Waals surface area contributed by atoms with E-state index in [1.807, 2.05) is 12.1 Å². The molecule has 3 rings (SSSR count). The topological polar surface area (TPSA) is 82.7 Å². The summed E-state index contributed by atoms with van der Waals surface area (Å²) in [6.45, 7) is 2.56. The number of ether oxygens (including phenoxy) is 1. The second-order valence-corrected chi connectivity index (χ2v) is 5.40. The van der Waals surface area contributed by atoms with Crippen molar-refractivity contribution in [3.8, 4) is 0 Å². The van der Waals surface area contributed by atoms with Gasteiger partial charge in [-0.3, -0.25) is 4.90 Å². The number of nitrogens with one attached hydrogen (secondary N) is 3. The molecule has 0 aromatic heterocycles. The van der Waals surface area contributed by atoms with E-state index in [4.69, 9.17) is 4.74 Å². The molecule has 1 aromatic carbocycles. The van der Waals surface area contributed by atoms with Gasteiger partial charge < -0.3 is 20.7 Å². The van der Waals surface area contributed by atoms with Crippen molar-refractivity contribution in [1.82, 2.24) is 10.6 Å². The Labute approximate surface area is 129 Å². The third kappa shape index (κ3) is 3.48. The number of benzene rings is 1. The van der Waals surface area contributed by atoms with Gasteiger partial charge >= 0.3 is 12.1 Å². The van der Waals surface area contributed by atoms with Crippen LogP contribution in [0.3, 0.4) is 0 Å². The lowest BCUT2D eigenvalue weighted by molar-refractivity contribution is 0.112. The first-order valence-corrected chi connectivity index (χ1v) is 7.54. The molecule has 3 N–H and O–H groups in total. The summed E-state index contributed by atoms with van der Waals surface area (Å²) in [5, 5.41) is 8.34. The summed E-state index contributed by atoms with van der Waals surface area (Å²) in [4.78, 5) is 25.2. The first-order chi connectivity index (χ1) is 10.7. The molecule has 2 aliphatic heterocycles. The predicted octanol–water partition coefficient (Wildman–Crippen LogP) is 1.52. The lowest BCUT2D eigenvalue weighted by atomic mass is 10.2. The van der Waals surface area contributed by atoms with Crippen LogP contribution in [0.1, 0.15) is 12.8 Å². The molecule has 0 bridgehead atoms. The molecule has 2 heterocycles. The van der Waals surface area contributed by atoms with Crippen LogP contribution in [0.5, 0.6) is 0 Å². The zero-order chi connectivity index (χ0) is 15.4. The highest BCUT2D eigenvalue weighted by Gasteiger charge is 2.21. The molecular weight excluding hydrogens is 284 g/mol. The number of rotatable bonds is 4. The van der Waals surface area contributed by atoms with Crippen LogP contribution in [-0.4, -0.2) is 44.4 Å². The first-order valence-electron chi connectivity index (χ1n) is 7.54. The van der Waals surface area contributed by atoms with Gasteiger partial charge in [-0.15, -0.1) is 0 Å². The van der Waals surface area contributed by atoms with Crippen LogP contribution in [0, 0.1) is 0 Å². The van der Waals surface area contributed by atoms with E-state index in [1.165, 1.54) is 0 Å². The smallest absolute Gasteiger partial charge is 0.321 e. The zero-order valence-electron chi connectivity index (χ0n) is 12.3. The summed E-state index contributed by atoms with van der Waals surface area (Å²) in [5.74, 6) is 0. The Kier molecular flexibility index (Phi) is 4.43. The summed E-state index contributed by atoms with van der Waals surface area (Å²) < 4.78 is 5.46. The van der Waals surface area contributed by atoms with Crippen molar-refractivity contribution in [1.29, 1.82) is 0 Å². The Hall–Kier alpha value is -2.28. The lowest BCUT2D eigenvalue weighted by Gasteiger charge is -2.16. The van der Waals surface area contributed by atoms with Crippen LogP contribution in [-0.2, 0) is 4.74 Å². The number of nitrogens with zero attached hydrogens (tertiary/aromatic N) is 1. The molecule has 0 radical (unpaired) electrons. The minimum Gasteiger partial charge on any atom is -0.376 e. The second kappa shape index (κ2) is 6.65. The fourth-order valence-electron chi connectivity index (χ4n) is 2.66. The van der Waals surface area contributed by atoms with E-state index in [0.717, 1.165) is 25.1 Å². The standard InChI is InChI=1S/C15H20N4O3/c20-14(17-10-13-5-2-8-22-13)18-11-3-1-4-12(9-11)19-7-6-16-15(19)21/h1,3-4,9,13H,2,5-8,10H2,(H,16,21)(H2,17,18,20). The highest BCUT2D eigenvalue weighted by atomic mass is 16.5. The van der Waals surface area contributed by atoms with Gasteiger partial charge in [-0.25, -0.2) is 9.59 Å². The largest absolute Gasteiger partial charge is 0.376 e. The summed E-state index contributed by atoms with van der Waals surface area (Å²) in [5.41, 5.74) is 1.42. The van der Waals surface area contributed by atoms with Crippen molar-refractivity contribution < 1.29 is 14.3 Å². The van der Waals surface area contributed by atoms with Gasteiger partial charge in [0, 0.05) is 37.6 Å². The molecular formula is C15H20N4O3. The van der Waals surface area contributed by atoms with Crippen molar-refractivity contribution in [2.24, 2.45) is 0 Å². The number of carbonyl (C=O) groups is 2. The van der Waals surface area contributed by atoms with Crippen LogP contribution in [0.15, 0.2) is 24.3 Å². The van der Waals surface area contributed by atoms with Crippen molar-refractivity contribution in [2.75, 3.05) is 36.5 Å². The van der Waals surface area contributed by atoms with E-state index in [2.05, 4.69) is 16.0 Å². The number of carbonyl (C=O) groups excluding carboxylic acids is 2. The van der Waals surface area contributed by atoms with E-state index in [-0.39, 0.29) is 18.2 Å². The molecule has 2 saturated heterocycles. The molecule has 1 unspecified atom stereocenters. The Balaban J connectivity index is 1.55. The third-order valence-corrected chi connectivity index (χ3v) is 3.79. The van der Waals surface area contributed by atoms with Crippen molar-refractivity contribution in [2.45, 2.75) is 18.9 Å². The van der Waals surface area contributed by atoms with Crippen LogP contribution in [0.2, 0.25) is 0 Å². The molecule has 1 atom stereocenters. The van der Waals surface area contributed by atoms with E-state index in [1.54, 1.807) is 17.0 Å². The van der Waals surface area contributed by atoms with Gasteiger partial charge in [0.25, 0.3) is 0 Å². The zero-order valence-corrected chi connectivity index (χ0v) is 12.3. The number of hydrogen-bond donors (Lipinski definition) is 3. The number of urea groups is 2. The third-order valence-electron chi connectivity index (χ3n) is 3.79. The molecule has 22 heavy (non-hydrogen) atoms. The summed E-state index contributed by atoms with van der Waals surface area (Å²) in [7, 11) is 0. The highest BCUT2D eigenvalue weighted by Crippen LogP contribution is 2.21. The normalized spacial score (nSPS) is 20.8. The average molecular weight is 304 g/mol. The maximum absolute atomic E-state index is 11.9. The molecule has 4 amide bonds. The van der Waals surface area contributed by atoms with Gasteiger partial charge in [-0.05, 0) is 31.0 Å². The van der Waals surface area contributed by atoms with Gasteiger partial charge in [0.15, 0.2) is 0 Å². The van der Waals surface area contributed by atoms with Gasteiger partial charge in [0.2, 0.25) is 0 Å². The molecule has 0 saturated carbocycles. The summed E-state index contributed by atoms with van der Waals surface area (Å²) in [6.07, 6.45) is 2.15. The summed E-state index contributed by atoms with van der Waals surface area (Å²) in [6, 6.07) is 6.87. The van der Waals surface area contributed by atoms with Crippen molar-refractivity contribution in [3.05, 3.63) is 24.3 Å². The molecule has 7 nitrogen and oxygen atoms in total. The van der Waals surface area contributed by atoms with E-state index < -0.39 is 0 Å². The Morgan fingerprint density at radius 3 is 3.09 bits per heavy atom. The molecule has 1 aromatic rings. The van der Waals surface area contributed by atoms with Gasteiger partial charge in [0.1, 0.15) is 0 Å². The molecule has 7 heteroatoms. The second-order valence-electron chi connectivity index (χ2n) is 5.40. The van der Waals surface area contributed by atoms with Gasteiger partial charge in [0.05, 0.1) is 6.10 Å². The number of anilines is 2. The predicted molar refractivity (Wildman–Crippen MR) is 83.2 cm³/mol. The van der Waals surface area contributed by atoms with Crippen LogP contribution in [0.4, 0.5) is 21.0 Å². The van der Waals surface area contributed by atoms with E-state index >= 15 is 0 Å². The fourth-order valence-corrected chi connectivity index (χ4v) is 2.66. The van der Waals surface area contributed by atoms with E-state index in [0.29, 0.717) is 25.3 Å². The maximum Gasteiger partial charge on any atom is 0.321 e. The van der Waals surface area contributed by atoms with Gasteiger partial charge in [-0.2, -0.15) is 0 Å². The number of hydrogen-bond acceptors (Lipinski definition) is 3.